The molecule has 1 aliphatic rings. The Hall–Kier alpha value is -2.30. The first-order valence-electron chi connectivity index (χ1n) is 10.1. The summed E-state index contributed by atoms with van der Waals surface area (Å²) in [7, 11) is 0. The van der Waals surface area contributed by atoms with Gasteiger partial charge in [-0.1, -0.05) is 53.7 Å². The Labute approximate surface area is 192 Å². The smallest absolute Gasteiger partial charge is 0.339 e. The number of carbonyl (C=O) groups excluding carboxylic acids is 1. The van der Waals surface area contributed by atoms with Gasteiger partial charge in [-0.15, -0.1) is 10.2 Å². The van der Waals surface area contributed by atoms with E-state index in [1.165, 1.54) is 9.96 Å². The van der Waals surface area contributed by atoms with E-state index in [9.17, 15) is 18.0 Å². The second kappa shape index (κ2) is 9.29. The molecular weight excluding hydrogens is 463 g/mol. The largest absolute Gasteiger partial charge is 0.417 e. The maximum Gasteiger partial charge on any atom is 0.417 e. The van der Waals surface area contributed by atoms with Gasteiger partial charge in [-0.25, -0.2) is 0 Å². The SMILES string of the molecule is C[C@H](Sc1nnc2c(Cl)cc(C(F)(F)F)cn12)C(=O)N1CCN(Cc2ccccc2)CC1. The van der Waals surface area contributed by atoms with Crippen molar-refractivity contribution in [3.05, 3.63) is 58.7 Å². The zero-order valence-corrected chi connectivity index (χ0v) is 18.8. The van der Waals surface area contributed by atoms with Crippen LogP contribution in [0.25, 0.3) is 5.65 Å². The van der Waals surface area contributed by atoms with Crippen molar-refractivity contribution in [1.82, 2.24) is 24.4 Å². The lowest BCUT2D eigenvalue weighted by Crippen LogP contribution is -2.50. The van der Waals surface area contributed by atoms with E-state index < -0.39 is 17.0 Å². The van der Waals surface area contributed by atoms with E-state index in [2.05, 4.69) is 27.2 Å². The van der Waals surface area contributed by atoms with Crippen LogP contribution in [0.2, 0.25) is 5.02 Å². The number of aromatic nitrogens is 3. The number of amides is 1. The fourth-order valence-corrected chi connectivity index (χ4v) is 4.76. The van der Waals surface area contributed by atoms with Gasteiger partial charge in [-0.05, 0) is 18.6 Å². The third-order valence-electron chi connectivity index (χ3n) is 5.32. The van der Waals surface area contributed by atoms with Crippen molar-refractivity contribution >= 4 is 34.9 Å². The summed E-state index contributed by atoms with van der Waals surface area (Å²) in [4.78, 5) is 17.0. The first kappa shape index (κ1) is 22.9. The van der Waals surface area contributed by atoms with Crippen molar-refractivity contribution in [1.29, 1.82) is 0 Å². The molecule has 1 aliphatic heterocycles. The molecule has 1 saturated heterocycles. The highest BCUT2D eigenvalue weighted by Crippen LogP contribution is 2.34. The lowest BCUT2D eigenvalue weighted by atomic mass is 10.2. The van der Waals surface area contributed by atoms with E-state index >= 15 is 0 Å². The summed E-state index contributed by atoms with van der Waals surface area (Å²) < 4.78 is 40.6. The van der Waals surface area contributed by atoms with Crippen molar-refractivity contribution in [2.45, 2.75) is 30.1 Å². The lowest BCUT2D eigenvalue weighted by Gasteiger charge is -2.35. The summed E-state index contributed by atoms with van der Waals surface area (Å²) in [5.74, 6) is -0.0795. The number of nitrogens with zero attached hydrogens (tertiary/aromatic N) is 5. The average Bonchev–Trinajstić information content (AvgIpc) is 3.17. The summed E-state index contributed by atoms with van der Waals surface area (Å²) >= 11 is 7.03. The molecule has 3 aromatic rings. The predicted octanol–water partition coefficient (Wildman–Crippen LogP) is 4.23. The van der Waals surface area contributed by atoms with Crippen LogP contribution >= 0.6 is 23.4 Å². The highest BCUT2D eigenvalue weighted by Gasteiger charge is 2.33. The Bertz CT molecular complexity index is 1100. The van der Waals surface area contributed by atoms with Crippen molar-refractivity contribution in [3.8, 4) is 0 Å². The Morgan fingerprint density at radius 2 is 1.84 bits per heavy atom. The summed E-state index contributed by atoms with van der Waals surface area (Å²) in [6, 6.07) is 11.0. The summed E-state index contributed by atoms with van der Waals surface area (Å²) in [6.07, 6.45) is -3.64. The van der Waals surface area contributed by atoms with Crippen LogP contribution in [0.5, 0.6) is 0 Å². The number of hydrogen-bond donors (Lipinski definition) is 0. The van der Waals surface area contributed by atoms with Crippen molar-refractivity contribution in [2.24, 2.45) is 0 Å². The van der Waals surface area contributed by atoms with E-state index in [0.717, 1.165) is 43.7 Å². The summed E-state index contributed by atoms with van der Waals surface area (Å²) in [6.45, 7) is 5.27. The average molecular weight is 484 g/mol. The molecule has 1 aromatic carbocycles. The van der Waals surface area contributed by atoms with Gasteiger partial charge in [0.15, 0.2) is 10.8 Å². The highest BCUT2D eigenvalue weighted by atomic mass is 35.5. The number of rotatable bonds is 5. The van der Waals surface area contributed by atoms with Gasteiger partial charge in [0.1, 0.15) is 0 Å². The minimum atomic E-state index is -4.55. The van der Waals surface area contributed by atoms with Crippen LogP contribution in [0.3, 0.4) is 0 Å². The van der Waals surface area contributed by atoms with E-state index in [0.29, 0.717) is 13.1 Å². The zero-order valence-electron chi connectivity index (χ0n) is 17.2. The number of thioether (sulfide) groups is 1. The standard InChI is InChI=1S/C21H21ClF3N5OS/c1-14(19(31)29-9-7-28(8-10-29)12-15-5-3-2-4-6-15)32-20-27-26-18-17(22)11-16(13-30(18)20)21(23,24)25/h2-6,11,13-14H,7-10,12H2,1H3/t14-/m0/s1. The fourth-order valence-electron chi connectivity index (χ4n) is 3.60. The molecule has 1 fully saturated rings. The van der Waals surface area contributed by atoms with Crippen LogP contribution in [0.15, 0.2) is 47.8 Å². The monoisotopic (exact) mass is 483 g/mol. The Kier molecular flexibility index (Phi) is 6.64. The first-order valence-corrected chi connectivity index (χ1v) is 11.3. The van der Waals surface area contributed by atoms with Crippen LogP contribution in [0.4, 0.5) is 13.2 Å². The van der Waals surface area contributed by atoms with Crippen molar-refractivity contribution in [2.75, 3.05) is 26.2 Å². The number of fused-ring (bicyclic) bond motifs is 1. The van der Waals surface area contributed by atoms with Gasteiger partial charge >= 0.3 is 6.18 Å². The normalized spacial score (nSPS) is 16.5. The molecule has 0 saturated carbocycles. The number of benzene rings is 1. The van der Waals surface area contributed by atoms with E-state index in [1.54, 1.807) is 11.8 Å². The second-order valence-corrected chi connectivity index (χ2v) is 9.31. The molecule has 32 heavy (non-hydrogen) atoms. The van der Waals surface area contributed by atoms with Crippen molar-refractivity contribution < 1.29 is 18.0 Å². The molecule has 4 rings (SSSR count). The Morgan fingerprint density at radius 3 is 2.50 bits per heavy atom. The number of alkyl halides is 3. The molecule has 1 atom stereocenters. The molecule has 0 spiro atoms. The fraction of sp³-hybridized carbons (Fsp3) is 0.381. The van der Waals surface area contributed by atoms with Gasteiger partial charge in [0, 0.05) is 38.9 Å². The molecule has 11 heteroatoms. The molecule has 0 N–H and O–H groups in total. The van der Waals surface area contributed by atoms with E-state index in [4.69, 9.17) is 11.6 Å². The van der Waals surface area contributed by atoms with Gasteiger partial charge in [0.2, 0.25) is 5.91 Å². The third kappa shape index (κ3) is 5.02. The Morgan fingerprint density at radius 1 is 1.16 bits per heavy atom. The van der Waals surface area contributed by atoms with Crippen LogP contribution in [0.1, 0.15) is 18.1 Å². The lowest BCUT2D eigenvalue weighted by molar-refractivity contribution is -0.138. The minimum absolute atomic E-state index is 0.0795. The molecule has 170 valence electrons. The maximum atomic E-state index is 13.2. The number of carbonyl (C=O) groups is 1. The van der Waals surface area contributed by atoms with E-state index in [1.807, 2.05) is 18.2 Å². The number of halogens is 4. The van der Waals surface area contributed by atoms with Gasteiger partial charge in [0.05, 0.1) is 15.8 Å². The van der Waals surface area contributed by atoms with Crippen LogP contribution in [0, 0.1) is 0 Å². The highest BCUT2D eigenvalue weighted by molar-refractivity contribution is 8.00. The Balaban J connectivity index is 1.40. The van der Waals surface area contributed by atoms with Gasteiger partial charge in [-0.3, -0.25) is 14.1 Å². The van der Waals surface area contributed by atoms with Crippen LogP contribution < -0.4 is 0 Å². The second-order valence-electron chi connectivity index (χ2n) is 7.60. The first-order chi connectivity index (χ1) is 15.2. The molecule has 0 bridgehead atoms. The zero-order chi connectivity index (χ0) is 22.9. The molecule has 0 aliphatic carbocycles. The van der Waals surface area contributed by atoms with Gasteiger partial charge in [-0.2, -0.15) is 13.2 Å². The third-order valence-corrected chi connectivity index (χ3v) is 6.64. The molecule has 6 nitrogen and oxygen atoms in total. The molecule has 1 amide bonds. The number of pyridine rings is 1. The van der Waals surface area contributed by atoms with E-state index in [-0.39, 0.29) is 21.7 Å². The summed E-state index contributed by atoms with van der Waals surface area (Å²) in [5.41, 5.74) is 0.452. The molecule has 3 heterocycles. The molecule has 0 radical (unpaired) electrons. The van der Waals surface area contributed by atoms with Gasteiger partial charge < -0.3 is 4.90 Å². The minimum Gasteiger partial charge on any atom is -0.339 e. The summed E-state index contributed by atoms with van der Waals surface area (Å²) in [5, 5.41) is 7.34. The molecule has 2 aromatic heterocycles. The molecule has 0 unspecified atom stereocenters. The van der Waals surface area contributed by atoms with Gasteiger partial charge in [0.25, 0.3) is 0 Å². The maximum absolute atomic E-state index is 13.2. The van der Waals surface area contributed by atoms with Crippen molar-refractivity contribution in [3.63, 3.8) is 0 Å². The molecular formula is C21H21ClF3N5OS. The van der Waals surface area contributed by atoms with Crippen LogP contribution in [-0.4, -0.2) is 61.7 Å². The van der Waals surface area contributed by atoms with Crippen LogP contribution in [-0.2, 0) is 17.5 Å². The number of piperazine rings is 1. The predicted molar refractivity (Wildman–Crippen MR) is 117 cm³/mol. The quantitative estimate of drug-likeness (QED) is 0.508. The number of hydrogen-bond acceptors (Lipinski definition) is 5. The topological polar surface area (TPSA) is 53.7 Å².